The van der Waals surface area contributed by atoms with E-state index in [0.717, 1.165) is 51.4 Å². The quantitative estimate of drug-likeness (QED) is 0.317. The Morgan fingerprint density at radius 3 is 2.26 bits per heavy atom. The van der Waals surface area contributed by atoms with Crippen LogP contribution >= 0.6 is 0 Å². The van der Waals surface area contributed by atoms with Crippen molar-refractivity contribution in [2.75, 3.05) is 0 Å². The summed E-state index contributed by atoms with van der Waals surface area (Å²) in [6.45, 7) is 2.11. The van der Waals surface area contributed by atoms with Crippen molar-refractivity contribution in [3.05, 3.63) is 12.2 Å². The van der Waals surface area contributed by atoms with Crippen LogP contribution in [-0.2, 0) is 9.59 Å². The van der Waals surface area contributed by atoms with E-state index in [2.05, 4.69) is 6.92 Å². The molecule has 0 rings (SSSR count). The molecule has 5 heteroatoms. The molecule has 0 amide bonds. The van der Waals surface area contributed by atoms with E-state index in [1.54, 1.807) is 6.08 Å². The molecule has 0 aliphatic rings. The smallest absolute Gasteiger partial charge is 0.303 e. The second kappa shape index (κ2) is 14.4. The molecule has 0 aromatic rings. The number of carboxylic acids is 1. The molecule has 0 saturated heterocycles. The monoisotopic (exact) mass is 328 g/mol. The van der Waals surface area contributed by atoms with E-state index in [4.69, 9.17) is 5.11 Å². The molecule has 0 aromatic heterocycles. The van der Waals surface area contributed by atoms with Crippen LogP contribution in [0.15, 0.2) is 12.2 Å². The van der Waals surface area contributed by atoms with Crippen molar-refractivity contribution in [1.82, 2.24) is 0 Å². The van der Waals surface area contributed by atoms with Gasteiger partial charge < -0.3 is 15.3 Å². The molecule has 0 fully saturated rings. The average molecular weight is 328 g/mol. The van der Waals surface area contributed by atoms with Crippen LogP contribution in [0.3, 0.4) is 0 Å². The molecule has 0 spiro atoms. The van der Waals surface area contributed by atoms with E-state index >= 15 is 0 Å². The Labute approximate surface area is 139 Å². The number of aliphatic hydroxyl groups is 2. The van der Waals surface area contributed by atoms with Crippen molar-refractivity contribution in [3.8, 4) is 0 Å². The summed E-state index contributed by atoms with van der Waals surface area (Å²) in [5.41, 5.74) is 0. The molecule has 0 aliphatic heterocycles. The van der Waals surface area contributed by atoms with Crippen LogP contribution in [0.4, 0.5) is 0 Å². The molecule has 0 heterocycles. The highest BCUT2D eigenvalue weighted by Gasteiger charge is 2.21. The van der Waals surface area contributed by atoms with Gasteiger partial charge in [-0.1, -0.05) is 51.5 Å². The van der Waals surface area contributed by atoms with E-state index in [1.807, 2.05) is 0 Å². The molecule has 0 bridgehead atoms. The minimum absolute atomic E-state index is 0.195. The van der Waals surface area contributed by atoms with Crippen LogP contribution in [0, 0.1) is 0 Å². The highest BCUT2D eigenvalue weighted by atomic mass is 16.4. The Balaban J connectivity index is 3.73. The fraction of sp³-hybridized carbons (Fsp3) is 0.778. The highest BCUT2D eigenvalue weighted by Crippen LogP contribution is 2.11. The van der Waals surface area contributed by atoms with Gasteiger partial charge in [-0.15, -0.1) is 0 Å². The number of ketones is 1. The molecule has 2 atom stereocenters. The van der Waals surface area contributed by atoms with E-state index in [-0.39, 0.29) is 6.42 Å². The lowest BCUT2D eigenvalue weighted by atomic mass is 10.0. The summed E-state index contributed by atoms with van der Waals surface area (Å²) < 4.78 is 0. The molecule has 5 nitrogen and oxygen atoms in total. The van der Waals surface area contributed by atoms with Crippen molar-refractivity contribution in [2.24, 2.45) is 0 Å². The first-order valence-electron chi connectivity index (χ1n) is 8.77. The predicted octanol–water partition coefficient (Wildman–Crippen LogP) is 3.23. The number of aliphatic hydroxyl groups excluding tert-OH is 2. The standard InChI is InChI=1S/C18H32O5/c1-2-3-4-6-9-12-15(19)18(23)16(20)13-10-7-5-8-11-14-17(21)22/h9,12,16,18,20,23H,2-8,10-11,13-14H2,1H3,(H,21,22)/b12-9-. The lowest BCUT2D eigenvalue weighted by Gasteiger charge is -2.15. The third-order valence-electron chi connectivity index (χ3n) is 3.80. The second-order valence-corrected chi connectivity index (χ2v) is 6.01. The summed E-state index contributed by atoms with van der Waals surface area (Å²) in [7, 11) is 0. The Hall–Kier alpha value is -1.20. The van der Waals surface area contributed by atoms with Gasteiger partial charge >= 0.3 is 5.97 Å². The number of aliphatic carboxylic acids is 1. The second-order valence-electron chi connectivity index (χ2n) is 6.01. The summed E-state index contributed by atoms with van der Waals surface area (Å²) in [5, 5.41) is 28.1. The molecule has 0 radical (unpaired) electrons. The van der Waals surface area contributed by atoms with Crippen molar-refractivity contribution < 1.29 is 24.9 Å². The van der Waals surface area contributed by atoms with Crippen molar-refractivity contribution in [2.45, 2.75) is 89.8 Å². The fourth-order valence-corrected chi connectivity index (χ4v) is 2.32. The number of carbonyl (C=O) groups is 2. The molecule has 0 saturated carbocycles. The van der Waals surface area contributed by atoms with Crippen LogP contribution in [-0.4, -0.2) is 39.3 Å². The fourth-order valence-electron chi connectivity index (χ4n) is 2.32. The molecule has 3 N–H and O–H groups in total. The van der Waals surface area contributed by atoms with Gasteiger partial charge in [0.15, 0.2) is 5.78 Å². The third-order valence-corrected chi connectivity index (χ3v) is 3.80. The van der Waals surface area contributed by atoms with Gasteiger partial charge in [-0.2, -0.15) is 0 Å². The largest absolute Gasteiger partial charge is 0.481 e. The zero-order valence-electron chi connectivity index (χ0n) is 14.2. The van der Waals surface area contributed by atoms with Crippen molar-refractivity contribution in [1.29, 1.82) is 0 Å². The zero-order valence-corrected chi connectivity index (χ0v) is 14.2. The SMILES string of the molecule is CCCCC/C=C\C(=O)C(O)C(O)CCCCCCCC(=O)O. The maximum Gasteiger partial charge on any atom is 0.303 e. The molecule has 0 aromatic carbocycles. The van der Waals surface area contributed by atoms with Gasteiger partial charge in [0.1, 0.15) is 6.10 Å². The van der Waals surface area contributed by atoms with Gasteiger partial charge in [-0.3, -0.25) is 9.59 Å². The summed E-state index contributed by atoms with van der Waals surface area (Å²) in [5.74, 6) is -1.21. The van der Waals surface area contributed by atoms with Crippen LogP contribution in [0.2, 0.25) is 0 Å². The first-order valence-corrected chi connectivity index (χ1v) is 8.77. The molecule has 2 unspecified atom stereocenters. The van der Waals surface area contributed by atoms with Gasteiger partial charge in [0.25, 0.3) is 0 Å². The summed E-state index contributed by atoms with van der Waals surface area (Å²) in [6, 6.07) is 0. The van der Waals surface area contributed by atoms with Crippen LogP contribution in [0.1, 0.15) is 77.6 Å². The predicted molar refractivity (Wildman–Crippen MR) is 90.3 cm³/mol. The van der Waals surface area contributed by atoms with Crippen LogP contribution in [0.5, 0.6) is 0 Å². The van der Waals surface area contributed by atoms with E-state index in [0.29, 0.717) is 12.8 Å². The molecule has 23 heavy (non-hydrogen) atoms. The maximum absolute atomic E-state index is 11.7. The number of rotatable bonds is 15. The van der Waals surface area contributed by atoms with Crippen LogP contribution < -0.4 is 0 Å². The normalized spacial score (nSPS) is 14.0. The Morgan fingerprint density at radius 1 is 0.957 bits per heavy atom. The van der Waals surface area contributed by atoms with Gasteiger partial charge in [0.2, 0.25) is 0 Å². The summed E-state index contributed by atoms with van der Waals surface area (Å²) in [4.78, 5) is 22.0. The summed E-state index contributed by atoms with van der Waals surface area (Å²) in [6.07, 6.45) is 9.44. The number of carboxylic acid groups (broad SMARTS) is 1. The number of carbonyl (C=O) groups excluding carboxylic acids is 1. The summed E-state index contributed by atoms with van der Waals surface area (Å²) >= 11 is 0. The Morgan fingerprint density at radius 2 is 1.61 bits per heavy atom. The minimum atomic E-state index is -1.34. The first-order chi connectivity index (χ1) is 11.0. The van der Waals surface area contributed by atoms with E-state index < -0.39 is 24.0 Å². The van der Waals surface area contributed by atoms with Gasteiger partial charge in [-0.25, -0.2) is 0 Å². The average Bonchev–Trinajstić information content (AvgIpc) is 2.52. The number of hydrogen-bond acceptors (Lipinski definition) is 4. The molecule has 0 aliphatic carbocycles. The Bertz CT molecular complexity index is 351. The van der Waals surface area contributed by atoms with Crippen LogP contribution in [0.25, 0.3) is 0 Å². The van der Waals surface area contributed by atoms with E-state index in [1.165, 1.54) is 6.08 Å². The Kier molecular flexibility index (Phi) is 13.6. The molecular formula is C18H32O5. The number of hydrogen-bond donors (Lipinski definition) is 3. The zero-order chi connectivity index (χ0) is 17.5. The first kappa shape index (κ1) is 21.8. The van der Waals surface area contributed by atoms with E-state index in [9.17, 15) is 19.8 Å². The molecule has 134 valence electrons. The lowest BCUT2D eigenvalue weighted by molar-refractivity contribution is -0.137. The highest BCUT2D eigenvalue weighted by molar-refractivity contribution is 5.93. The number of allylic oxidation sites excluding steroid dienone is 1. The maximum atomic E-state index is 11.7. The van der Waals surface area contributed by atoms with Gasteiger partial charge in [-0.05, 0) is 31.8 Å². The van der Waals surface area contributed by atoms with Gasteiger partial charge in [0, 0.05) is 6.42 Å². The van der Waals surface area contributed by atoms with Gasteiger partial charge in [0.05, 0.1) is 6.10 Å². The minimum Gasteiger partial charge on any atom is -0.481 e. The third kappa shape index (κ3) is 13.0. The van der Waals surface area contributed by atoms with Crippen molar-refractivity contribution >= 4 is 11.8 Å². The number of unbranched alkanes of at least 4 members (excludes halogenated alkanes) is 7. The topological polar surface area (TPSA) is 94.8 Å². The molecular weight excluding hydrogens is 296 g/mol. The lowest BCUT2D eigenvalue weighted by Crippen LogP contribution is -2.32. The van der Waals surface area contributed by atoms with Crippen molar-refractivity contribution in [3.63, 3.8) is 0 Å².